The fourth-order valence-corrected chi connectivity index (χ4v) is 4.71. The number of phenolic OH excluding ortho intramolecular Hbond substituents is 1. The highest BCUT2D eigenvalue weighted by Crippen LogP contribution is 2.70. The molecule has 2 saturated heterocycles. The van der Waals surface area contributed by atoms with Gasteiger partial charge in [0.2, 0.25) is 0 Å². The highest BCUT2D eigenvalue weighted by molar-refractivity contribution is 5.85. The van der Waals surface area contributed by atoms with E-state index in [4.69, 9.17) is 14.5 Å². The van der Waals surface area contributed by atoms with E-state index in [1.54, 1.807) is 6.07 Å². The van der Waals surface area contributed by atoms with Crippen LogP contribution in [0, 0.1) is 10.8 Å². The molecule has 0 bridgehead atoms. The van der Waals surface area contributed by atoms with E-state index < -0.39 is 11.4 Å². The highest BCUT2D eigenvalue weighted by Gasteiger charge is 2.81. The smallest absolute Gasteiger partial charge is 0.265 e. The molecular weight excluding hydrogens is 304 g/mol. The van der Waals surface area contributed by atoms with Crippen molar-refractivity contribution in [2.24, 2.45) is 10.8 Å². The van der Waals surface area contributed by atoms with E-state index in [9.17, 15) is 5.11 Å². The number of aromatic hydroxyl groups is 1. The zero-order valence-corrected chi connectivity index (χ0v) is 14.8. The summed E-state index contributed by atoms with van der Waals surface area (Å²) in [6, 6.07) is 11.7. The molecule has 2 heterocycles. The van der Waals surface area contributed by atoms with E-state index in [-0.39, 0.29) is 16.6 Å². The maximum absolute atomic E-state index is 10.7. The molecule has 0 aromatic heterocycles. The maximum Gasteiger partial charge on any atom is 0.265 e. The van der Waals surface area contributed by atoms with Gasteiger partial charge in [0.25, 0.3) is 5.79 Å². The van der Waals surface area contributed by atoms with Crippen molar-refractivity contribution in [2.75, 3.05) is 6.61 Å². The number of hydrogen-bond donors (Lipinski definition) is 1. The number of ether oxygens (including phenoxy) is 1. The Kier molecular flexibility index (Phi) is 2.98. The van der Waals surface area contributed by atoms with Crippen LogP contribution in [0.1, 0.15) is 40.2 Å². The summed E-state index contributed by atoms with van der Waals surface area (Å²) in [5.41, 5.74) is -0.564. The van der Waals surface area contributed by atoms with Crippen LogP contribution in [0.2, 0.25) is 0 Å². The van der Waals surface area contributed by atoms with Crippen molar-refractivity contribution < 1.29 is 19.6 Å². The standard InChI is InChI=1S/C20H24O4/c1-17(2,3)20-18(4,5)12-22-19(20,23-24-20)15-10-13-8-6-7-9-14(13)11-16(15)21/h6-11,21H,12H2,1-5H3. The Bertz CT molecular complexity index is 820. The van der Waals surface area contributed by atoms with Crippen LogP contribution in [0.15, 0.2) is 36.4 Å². The number of benzene rings is 2. The number of phenols is 1. The first kappa shape index (κ1) is 15.9. The summed E-state index contributed by atoms with van der Waals surface area (Å²) in [6.07, 6.45) is 0. The second-order valence-electron chi connectivity index (χ2n) is 8.60. The van der Waals surface area contributed by atoms with E-state index in [1.807, 2.05) is 30.3 Å². The third-order valence-electron chi connectivity index (χ3n) is 5.61. The monoisotopic (exact) mass is 328 g/mol. The molecule has 2 aliphatic heterocycles. The summed E-state index contributed by atoms with van der Waals surface area (Å²) >= 11 is 0. The van der Waals surface area contributed by atoms with Gasteiger partial charge in [-0.3, -0.25) is 0 Å². The molecule has 2 aliphatic rings. The quantitative estimate of drug-likeness (QED) is 0.783. The van der Waals surface area contributed by atoms with Crippen LogP contribution < -0.4 is 0 Å². The molecule has 4 rings (SSSR count). The molecule has 0 aliphatic carbocycles. The summed E-state index contributed by atoms with van der Waals surface area (Å²) in [4.78, 5) is 11.5. The Morgan fingerprint density at radius 2 is 1.62 bits per heavy atom. The van der Waals surface area contributed by atoms with Crippen LogP contribution in [-0.4, -0.2) is 17.3 Å². The van der Waals surface area contributed by atoms with Crippen molar-refractivity contribution in [1.29, 1.82) is 0 Å². The number of rotatable bonds is 1. The molecule has 2 aromatic carbocycles. The summed E-state index contributed by atoms with van der Waals surface area (Å²) in [7, 11) is 0. The first-order valence-corrected chi connectivity index (χ1v) is 8.38. The first-order chi connectivity index (χ1) is 11.1. The minimum absolute atomic E-state index is 0.170. The third kappa shape index (κ3) is 1.64. The Balaban J connectivity index is 1.98. The molecule has 2 fully saturated rings. The zero-order chi connectivity index (χ0) is 17.4. The summed E-state index contributed by atoms with van der Waals surface area (Å²) < 4.78 is 6.19. The topological polar surface area (TPSA) is 47.9 Å². The van der Waals surface area contributed by atoms with Crippen LogP contribution >= 0.6 is 0 Å². The molecule has 128 valence electrons. The van der Waals surface area contributed by atoms with Gasteiger partial charge in [-0.15, -0.1) is 0 Å². The van der Waals surface area contributed by atoms with Crippen molar-refractivity contribution in [3.8, 4) is 5.75 Å². The van der Waals surface area contributed by atoms with Gasteiger partial charge in [0.05, 0.1) is 12.2 Å². The molecule has 2 unspecified atom stereocenters. The molecule has 4 heteroatoms. The van der Waals surface area contributed by atoms with Crippen LogP contribution in [-0.2, 0) is 20.3 Å². The van der Waals surface area contributed by atoms with Crippen molar-refractivity contribution in [1.82, 2.24) is 0 Å². The Labute approximate surface area is 142 Å². The van der Waals surface area contributed by atoms with E-state index in [0.717, 1.165) is 10.8 Å². The Morgan fingerprint density at radius 3 is 2.17 bits per heavy atom. The van der Waals surface area contributed by atoms with Gasteiger partial charge in [-0.25, -0.2) is 4.89 Å². The van der Waals surface area contributed by atoms with Gasteiger partial charge in [-0.1, -0.05) is 58.9 Å². The minimum Gasteiger partial charge on any atom is -0.507 e. The van der Waals surface area contributed by atoms with Crippen molar-refractivity contribution in [2.45, 2.75) is 46.0 Å². The average molecular weight is 328 g/mol. The lowest BCUT2D eigenvalue weighted by Crippen LogP contribution is -2.73. The van der Waals surface area contributed by atoms with Crippen LogP contribution in [0.4, 0.5) is 0 Å². The van der Waals surface area contributed by atoms with E-state index >= 15 is 0 Å². The molecule has 24 heavy (non-hydrogen) atoms. The fourth-order valence-electron chi connectivity index (χ4n) is 4.71. The molecule has 0 radical (unpaired) electrons. The van der Waals surface area contributed by atoms with Crippen molar-refractivity contribution in [3.63, 3.8) is 0 Å². The van der Waals surface area contributed by atoms with E-state index in [1.165, 1.54) is 0 Å². The lowest BCUT2D eigenvalue weighted by Gasteiger charge is -2.61. The van der Waals surface area contributed by atoms with Crippen molar-refractivity contribution >= 4 is 10.8 Å². The SMILES string of the molecule is CC(C)(C)C12OOC1(c1cc3ccccc3cc1O)OCC2(C)C. The molecular formula is C20H24O4. The van der Waals surface area contributed by atoms with Gasteiger partial charge >= 0.3 is 0 Å². The summed E-state index contributed by atoms with van der Waals surface area (Å²) in [5, 5.41) is 12.7. The van der Waals surface area contributed by atoms with Crippen LogP contribution in [0.25, 0.3) is 10.8 Å². The molecule has 1 N–H and O–H groups in total. The molecule has 2 atom stereocenters. The molecule has 0 amide bonds. The van der Waals surface area contributed by atoms with Gasteiger partial charge in [-0.05, 0) is 22.9 Å². The molecule has 0 saturated carbocycles. The summed E-state index contributed by atoms with van der Waals surface area (Å²) in [5.74, 6) is -0.925. The largest absolute Gasteiger partial charge is 0.507 e. The maximum atomic E-state index is 10.7. The molecule has 0 spiro atoms. The van der Waals surface area contributed by atoms with Crippen LogP contribution in [0.3, 0.4) is 0 Å². The molecule has 2 aromatic rings. The highest BCUT2D eigenvalue weighted by atomic mass is 17.3. The number of hydrogen-bond acceptors (Lipinski definition) is 4. The van der Waals surface area contributed by atoms with Gasteiger partial charge in [0.15, 0.2) is 5.60 Å². The lowest BCUT2D eigenvalue weighted by molar-refractivity contribution is -0.626. The van der Waals surface area contributed by atoms with Gasteiger partial charge in [0.1, 0.15) is 5.75 Å². The second kappa shape index (κ2) is 4.51. The third-order valence-corrected chi connectivity index (χ3v) is 5.61. The predicted molar refractivity (Wildman–Crippen MR) is 91.4 cm³/mol. The Hall–Kier alpha value is -1.62. The molecule has 4 nitrogen and oxygen atoms in total. The predicted octanol–water partition coefficient (Wildman–Crippen LogP) is 4.50. The first-order valence-electron chi connectivity index (χ1n) is 8.38. The van der Waals surface area contributed by atoms with Gasteiger partial charge < -0.3 is 9.84 Å². The van der Waals surface area contributed by atoms with E-state index in [2.05, 4.69) is 34.6 Å². The van der Waals surface area contributed by atoms with Crippen LogP contribution in [0.5, 0.6) is 5.75 Å². The minimum atomic E-state index is -1.09. The van der Waals surface area contributed by atoms with Gasteiger partial charge in [-0.2, -0.15) is 4.89 Å². The lowest BCUT2D eigenvalue weighted by atomic mass is 9.57. The fraction of sp³-hybridized carbons (Fsp3) is 0.500. The Morgan fingerprint density at radius 1 is 1.00 bits per heavy atom. The van der Waals surface area contributed by atoms with E-state index in [0.29, 0.717) is 12.2 Å². The number of fused-ring (bicyclic) bond motifs is 2. The summed E-state index contributed by atoms with van der Waals surface area (Å²) in [6.45, 7) is 11.1. The van der Waals surface area contributed by atoms with Crippen molar-refractivity contribution in [3.05, 3.63) is 42.0 Å². The zero-order valence-electron chi connectivity index (χ0n) is 14.8. The average Bonchev–Trinajstić information content (AvgIpc) is 2.61. The van der Waals surface area contributed by atoms with Gasteiger partial charge in [0, 0.05) is 10.8 Å². The normalized spacial score (nSPS) is 31.7. The second-order valence-corrected chi connectivity index (χ2v) is 8.60.